The van der Waals surface area contributed by atoms with E-state index in [1.54, 1.807) is 0 Å². The highest BCUT2D eigenvalue weighted by molar-refractivity contribution is 7.26. The molecule has 0 aliphatic carbocycles. The van der Waals surface area contributed by atoms with Gasteiger partial charge in [-0.25, -0.2) is 15.0 Å². The average molecular weight is 770 g/mol. The van der Waals surface area contributed by atoms with E-state index in [1.807, 2.05) is 23.5 Å². The summed E-state index contributed by atoms with van der Waals surface area (Å²) in [6.07, 6.45) is 0. The van der Waals surface area contributed by atoms with Crippen LogP contribution in [0, 0.1) is 0 Å². The summed E-state index contributed by atoms with van der Waals surface area (Å²) in [6.45, 7) is 0. The van der Waals surface area contributed by atoms with E-state index in [9.17, 15) is 0 Å². The Kier molecular flexibility index (Phi) is 8.68. The molecule has 0 spiro atoms. The molecular formula is C55H35N3S. The quantitative estimate of drug-likeness (QED) is 0.162. The Morgan fingerprint density at radius 2 is 0.780 bits per heavy atom. The molecule has 0 atom stereocenters. The molecule has 0 fully saturated rings. The first-order chi connectivity index (χ1) is 29.2. The zero-order valence-electron chi connectivity index (χ0n) is 32.0. The summed E-state index contributed by atoms with van der Waals surface area (Å²) in [6, 6.07) is 74.8. The summed E-state index contributed by atoms with van der Waals surface area (Å²) in [5, 5.41) is 3.64. The van der Waals surface area contributed by atoms with Gasteiger partial charge < -0.3 is 0 Å². The van der Waals surface area contributed by atoms with Crippen molar-refractivity contribution in [2.24, 2.45) is 0 Å². The SMILES string of the molecule is c1ccc(-c2ccc(-c3cc(-c4ccc(-c5cccc6c5nc(-c5ccccc5)c5c7ccccc7sc65)cc4)nc(-c4ccc(-c5ccccc5)cc4)n3)cc2)cc1. The Labute approximate surface area is 346 Å². The van der Waals surface area contributed by atoms with Crippen molar-refractivity contribution in [1.82, 2.24) is 15.0 Å². The highest BCUT2D eigenvalue weighted by Crippen LogP contribution is 2.44. The van der Waals surface area contributed by atoms with Gasteiger partial charge in [-0.05, 0) is 39.9 Å². The number of fused-ring (bicyclic) bond motifs is 5. The van der Waals surface area contributed by atoms with Gasteiger partial charge in [-0.2, -0.15) is 0 Å². The van der Waals surface area contributed by atoms with Crippen molar-refractivity contribution < 1.29 is 0 Å². The van der Waals surface area contributed by atoms with E-state index in [-0.39, 0.29) is 0 Å². The van der Waals surface area contributed by atoms with Gasteiger partial charge in [0.25, 0.3) is 0 Å². The summed E-state index contributed by atoms with van der Waals surface area (Å²) in [5.41, 5.74) is 14.8. The van der Waals surface area contributed by atoms with Gasteiger partial charge in [0, 0.05) is 53.4 Å². The third-order valence-electron chi connectivity index (χ3n) is 11.1. The molecule has 0 saturated carbocycles. The number of pyridine rings is 1. The zero-order chi connectivity index (χ0) is 39.1. The molecule has 0 unspecified atom stereocenters. The van der Waals surface area contributed by atoms with Crippen LogP contribution in [0.15, 0.2) is 212 Å². The maximum Gasteiger partial charge on any atom is 0.160 e. The Morgan fingerprint density at radius 1 is 0.322 bits per heavy atom. The van der Waals surface area contributed by atoms with Crippen molar-refractivity contribution >= 4 is 42.4 Å². The van der Waals surface area contributed by atoms with E-state index in [0.29, 0.717) is 5.82 Å². The number of aromatic nitrogens is 3. The van der Waals surface area contributed by atoms with E-state index >= 15 is 0 Å². The van der Waals surface area contributed by atoms with Crippen LogP contribution < -0.4 is 0 Å². The normalized spacial score (nSPS) is 11.4. The van der Waals surface area contributed by atoms with Crippen molar-refractivity contribution in [2.75, 3.05) is 0 Å². The third kappa shape index (κ3) is 6.46. The molecular weight excluding hydrogens is 735 g/mol. The van der Waals surface area contributed by atoms with Crippen LogP contribution in [0.5, 0.6) is 0 Å². The molecule has 3 heterocycles. The van der Waals surface area contributed by atoms with Gasteiger partial charge in [0.1, 0.15) is 0 Å². The number of hydrogen-bond acceptors (Lipinski definition) is 4. The smallest absolute Gasteiger partial charge is 0.160 e. The number of hydrogen-bond donors (Lipinski definition) is 0. The molecule has 11 rings (SSSR count). The first-order valence-electron chi connectivity index (χ1n) is 19.8. The number of rotatable bonds is 7. The van der Waals surface area contributed by atoms with Gasteiger partial charge in [0.15, 0.2) is 5.82 Å². The standard InChI is InChI=1S/C55H35N3S/c1-4-13-36(14-5-1)38-23-29-41(30-24-38)48-35-49(57-55(56-48)44-33-25-39(26-34-44)37-15-6-2-7-16-37)42-31-27-40(28-32-42)45-20-12-21-47-53(45)58-52(43-17-8-3-9-18-43)51-46-19-10-11-22-50(46)59-54(47)51/h1-35H. The predicted octanol–water partition coefficient (Wildman–Crippen LogP) is 15.1. The second-order valence-electron chi connectivity index (χ2n) is 14.8. The molecule has 276 valence electrons. The summed E-state index contributed by atoms with van der Waals surface area (Å²) in [4.78, 5) is 15.8. The molecule has 8 aromatic carbocycles. The minimum absolute atomic E-state index is 0.687. The molecule has 11 aromatic rings. The lowest BCUT2D eigenvalue weighted by atomic mass is 9.97. The van der Waals surface area contributed by atoms with Gasteiger partial charge in [-0.3, -0.25) is 0 Å². The average Bonchev–Trinajstić information content (AvgIpc) is 3.72. The summed E-state index contributed by atoms with van der Waals surface area (Å²) >= 11 is 1.85. The molecule has 4 heteroatoms. The fourth-order valence-electron chi connectivity index (χ4n) is 8.12. The van der Waals surface area contributed by atoms with Crippen molar-refractivity contribution in [3.05, 3.63) is 212 Å². The third-order valence-corrected chi connectivity index (χ3v) is 12.3. The zero-order valence-corrected chi connectivity index (χ0v) is 32.8. The van der Waals surface area contributed by atoms with Gasteiger partial charge in [-0.15, -0.1) is 11.3 Å². The highest BCUT2D eigenvalue weighted by atomic mass is 32.1. The number of benzene rings is 8. The molecule has 3 aromatic heterocycles. The summed E-state index contributed by atoms with van der Waals surface area (Å²) in [7, 11) is 0. The van der Waals surface area contributed by atoms with Crippen molar-refractivity contribution in [3.63, 3.8) is 0 Å². The highest BCUT2D eigenvalue weighted by Gasteiger charge is 2.19. The fourth-order valence-corrected chi connectivity index (χ4v) is 9.35. The molecule has 3 nitrogen and oxygen atoms in total. The van der Waals surface area contributed by atoms with E-state index in [2.05, 4.69) is 200 Å². The minimum Gasteiger partial charge on any atom is -0.246 e. The van der Waals surface area contributed by atoms with Crippen LogP contribution in [0.2, 0.25) is 0 Å². The summed E-state index contributed by atoms with van der Waals surface area (Å²) in [5.74, 6) is 0.687. The van der Waals surface area contributed by atoms with Gasteiger partial charge in [0.2, 0.25) is 0 Å². The Bertz CT molecular complexity index is 3170. The topological polar surface area (TPSA) is 38.7 Å². The lowest BCUT2D eigenvalue weighted by Crippen LogP contribution is -1.96. The van der Waals surface area contributed by atoms with Crippen molar-refractivity contribution in [2.45, 2.75) is 0 Å². The van der Waals surface area contributed by atoms with Crippen LogP contribution in [0.1, 0.15) is 0 Å². The van der Waals surface area contributed by atoms with Gasteiger partial charge in [0.05, 0.1) is 22.6 Å². The second kappa shape index (κ2) is 14.8. The van der Waals surface area contributed by atoms with Gasteiger partial charge in [-0.1, -0.05) is 200 Å². The van der Waals surface area contributed by atoms with E-state index in [0.717, 1.165) is 61.5 Å². The second-order valence-corrected chi connectivity index (χ2v) is 15.8. The molecule has 0 aliphatic rings. The number of nitrogens with zero attached hydrogens (tertiary/aromatic N) is 3. The largest absolute Gasteiger partial charge is 0.246 e. The lowest BCUT2D eigenvalue weighted by molar-refractivity contribution is 1.18. The fraction of sp³-hybridized carbons (Fsp3) is 0. The van der Waals surface area contributed by atoms with Crippen molar-refractivity contribution in [3.8, 4) is 78.5 Å². The molecule has 0 saturated heterocycles. The molecule has 59 heavy (non-hydrogen) atoms. The van der Waals surface area contributed by atoms with Crippen LogP contribution in [0.4, 0.5) is 0 Å². The first-order valence-corrected chi connectivity index (χ1v) is 20.7. The van der Waals surface area contributed by atoms with E-state index in [1.165, 1.54) is 42.2 Å². The Balaban J connectivity index is 1.02. The molecule has 0 N–H and O–H groups in total. The summed E-state index contributed by atoms with van der Waals surface area (Å²) < 4.78 is 2.54. The monoisotopic (exact) mass is 769 g/mol. The maximum absolute atomic E-state index is 5.48. The van der Waals surface area contributed by atoms with Gasteiger partial charge >= 0.3 is 0 Å². The van der Waals surface area contributed by atoms with E-state index in [4.69, 9.17) is 15.0 Å². The minimum atomic E-state index is 0.687. The maximum atomic E-state index is 5.48. The first kappa shape index (κ1) is 34.7. The number of para-hydroxylation sites is 1. The van der Waals surface area contributed by atoms with E-state index < -0.39 is 0 Å². The van der Waals surface area contributed by atoms with Crippen LogP contribution in [0.3, 0.4) is 0 Å². The molecule has 0 radical (unpaired) electrons. The predicted molar refractivity (Wildman–Crippen MR) is 248 cm³/mol. The Hall–Kier alpha value is -7.53. The van der Waals surface area contributed by atoms with Crippen LogP contribution in [-0.4, -0.2) is 15.0 Å². The Morgan fingerprint density at radius 3 is 1.37 bits per heavy atom. The molecule has 0 amide bonds. The lowest BCUT2D eigenvalue weighted by Gasteiger charge is -2.13. The van der Waals surface area contributed by atoms with Crippen LogP contribution in [0.25, 0.3) is 110 Å². The molecule has 0 bridgehead atoms. The number of thiophene rings is 1. The molecule has 0 aliphatic heterocycles. The van der Waals surface area contributed by atoms with Crippen molar-refractivity contribution in [1.29, 1.82) is 0 Å². The van der Waals surface area contributed by atoms with Crippen LogP contribution in [-0.2, 0) is 0 Å². The van der Waals surface area contributed by atoms with Crippen LogP contribution >= 0.6 is 11.3 Å².